The molecule has 0 saturated carbocycles. The lowest BCUT2D eigenvalue weighted by molar-refractivity contribution is 0.277. The summed E-state index contributed by atoms with van der Waals surface area (Å²) in [6.45, 7) is 0.113. The van der Waals surface area contributed by atoms with E-state index in [-0.39, 0.29) is 25.1 Å². The molecule has 0 aliphatic heterocycles. The summed E-state index contributed by atoms with van der Waals surface area (Å²) in [7, 11) is 0. The minimum Gasteiger partial charge on any atom is -0.396 e. The van der Waals surface area contributed by atoms with Gasteiger partial charge in [0.25, 0.3) is 0 Å². The molecule has 0 amide bonds. The Balaban J connectivity index is 0.00000128. The van der Waals surface area contributed by atoms with Gasteiger partial charge in [-0.2, -0.15) is 0 Å². The Labute approximate surface area is 109 Å². The van der Waals surface area contributed by atoms with Crippen molar-refractivity contribution in [2.75, 3.05) is 6.61 Å². The fourth-order valence-corrected chi connectivity index (χ4v) is 2.08. The highest BCUT2D eigenvalue weighted by Gasteiger charge is 2.11. The van der Waals surface area contributed by atoms with Crippen molar-refractivity contribution in [3.05, 3.63) is 34.4 Å². The molecule has 0 bridgehead atoms. The molecule has 5 heteroatoms. The first-order chi connectivity index (χ1) is 7.22. The van der Waals surface area contributed by atoms with E-state index in [4.69, 9.17) is 10.8 Å². The smallest absolute Gasteiger partial charge is 0.0458 e. The van der Waals surface area contributed by atoms with Gasteiger partial charge < -0.3 is 15.8 Å². The molecule has 2 aromatic rings. The molecule has 0 saturated heterocycles. The highest BCUT2D eigenvalue weighted by molar-refractivity contribution is 9.10. The van der Waals surface area contributed by atoms with Gasteiger partial charge in [-0.3, -0.25) is 0 Å². The van der Waals surface area contributed by atoms with Crippen LogP contribution in [0.1, 0.15) is 18.0 Å². The minimum atomic E-state index is -0.113. The van der Waals surface area contributed by atoms with Gasteiger partial charge in [0.2, 0.25) is 0 Å². The summed E-state index contributed by atoms with van der Waals surface area (Å²) in [5.74, 6) is 0. The van der Waals surface area contributed by atoms with Gasteiger partial charge in [-0.05, 0) is 30.2 Å². The van der Waals surface area contributed by atoms with Crippen molar-refractivity contribution in [2.45, 2.75) is 12.5 Å². The third-order valence-electron chi connectivity index (χ3n) is 2.52. The van der Waals surface area contributed by atoms with Crippen LogP contribution in [-0.4, -0.2) is 16.7 Å². The summed E-state index contributed by atoms with van der Waals surface area (Å²) in [5.41, 5.74) is 8.10. The van der Waals surface area contributed by atoms with Crippen LogP contribution in [0.5, 0.6) is 0 Å². The normalized spacial score (nSPS) is 12.4. The number of nitrogens with one attached hydrogen (secondary N) is 1. The molecular formula is C11H14BrClN2O. The Hall–Kier alpha value is -0.550. The number of nitrogens with two attached hydrogens (primary N) is 1. The first-order valence-corrected chi connectivity index (χ1v) is 5.64. The summed E-state index contributed by atoms with van der Waals surface area (Å²) < 4.78 is 1.03. The number of hydrogen-bond acceptors (Lipinski definition) is 2. The zero-order valence-electron chi connectivity index (χ0n) is 8.61. The van der Waals surface area contributed by atoms with Crippen molar-refractivity contribution in [3.8, 4) is 0 Å². The van der Waals surface area contributed by atoms with Gasteiger partial charge >= 0.3 is 0 Å². The summed E-state index contributed by atoms with van der Waals surface area (Å²) >= 11 is 3.44. The lowest BCUT2D eigenvalue weighted by atomic mass is 10.0. The van der Waals surface area contributed by atoms with Crippen LogP contribution in [0.25, 0.3) is 10.9 Å². The van der Waals surface area contributed by atoms with E-state index in [1.807, 2.05) is 24.4 Å². The molecule has 1 aromatic carbocycles. The van der Waals surface area contributed by atoms with Gasteiger partial charge in [-0.15, -0.1) is 12.4 Å². The summed E-state index contributed by atoms with van der Waals surface area (Å²) in [5, 5.41) is 9.98. The van der Waals surface area contributed by atoms with Gasteiger partial charge in [0.05, 0.1) is 0 Å². The topological polar surface area (TPSA) is 62.0 Å². The van der Waals surface area contributed by atoms with E-state index in [9.17, 15) is 0 Å². The molecule has 1 aromatic heterocycles. The molecule has 0 fully saturated rings. The van der Waals surface area contributed by atoms with Gasteiger partial charge in [-0.25, -0.2) is 0 Å². The van der Waals surface area contributed by atoms with E-state index in [0.29, 0.717) is 6.42 Å². The van der Waals surface area contributed by atoms with E-state index >= 15 is 0 Å². The van der Waals surface area contributed by atoms with Crippen molar-refractivity contribution in [1.82, 2.24) is 4.98 Å². The fourth-order valence-electron chi connectivity index (χ4n) is 1.72. The molecule has 3 nitrogen and oxygen atoms in total. The average molecular weight is 306 g/mol. The molecule has 2 rings (SSSR count). The summed E-state index contributed by atoms with van der Waals surface area (Å²) in [6.07, 6.45) is 2.50. The zero-order chi connectivity index (χ0) is 10.8. The Bertz CT molecular complexity index is 472. The van der Waals surface area contributed by atoms with Crippen molar-refractivity contribution in [1.29, 1.82) is 0 Å². The SMILES string of the molecule is Cl.N[C@H](CCO)c1c[nH]c2ccc(Br)cc12. The number of rotatable bonds is 3. The second-order valence-corrected chi connectivity index (χ2v) is 4.47. The third kappa shape index (κ3) is 2.58. The number of hydrogen-bond donors (Lipinski definition) is 3. The molecule has 1 heterocycles. The van der Waals surface area contributed by atoms with Crippen LogP contribution in [-0.2, 0) is 0 Å². The average Bonchev–Trinajstić information content (AvgIpc) is 2.60. The maximum Gasteiger partial charge on any atom is 0.0458 e. The van der Waals surface area contributed by atoms with E-state index in [0.717, 1.165) is 20.9 Å². The molecule has 16 heavy (non-hydrogen) atoms. The number of fused-ring (bicyclic) bond motifs is 1. The molecule has 88 valence electrons. The molecule has 1 atom stereocenters. The van der Waals surface area contributed by atoms with Gasteiger partial charge in [0.1, 0.15) is 0 Å². The van der Waals surface area contributed by atoms with Crippen molar-refractivity contribution in [3.63, 3.8) is 0 Å². The van der Waals surface area contributed by atoms with Crippen molar-refractivity contribution in [2.24, 2.45) is 5.73 Å². The second-order valence-electron chi connectivity index (χ2n) is 3.55. The second kappa shape index (κ2) is 5.68. The zero-order valence-corrected chi connectivity index (χ0v) is 11.0. The van der Waals surface area contributed by atoms with Crippen LogP contribution >= 0.6 is 28.3 Å². The summed E-state index contributed by atoms with van der Waals surface area (Å²) in [6, 6.07) is 5.92. The van der Waals surface area contributed by atoms with E-state index in [1.54, 1.807) is 0 Å². The highest BCUT2D eigenvalue weighted by atomic mass is 79.9. The molecule has 4 N–H and O–H groups in total. The Morgan fingerprint density at radius 2 is 2.19 bits per heavy atom. The number of aliphatic hydroxyl groups is 1. The standard InChI is InChI=1S/C11H13BrN2O.ClH/c12-7-1-2-11-8(5-7)9(6-14-11)10(13)3-4-15;/h1-2,5-6,10,14-15H,3-4,13H2;1H/t10-;/m1./s1. The lowest BCUT2D eigenvalue weighted by Gasteiger charge is -2.08. The number of H-pyrrole nitrogens is 1. The van der Waals surface area contributed by atoms with Crippen LogP contribution in [0.2, 0.25) is 0 Å². The molecule has 0 unspecified atom stereocenters. The van der Waals surface area contributed by atoms with Crippen LogP contribution in [0.15, 0.2) is 28.9 Å². The Morgan fingerprint density at radius 3 is 2.88 bits per heavy atom. The van der Waals surface area contributed by atoms with Crippen LogP contribution < -0.4 is 5.73 Å². The maximum absolute atomic E-state index is 8.86. The maximum atomic E-state index is 8.86. The minimum absolute atomic E-state index is 0. The molecular weight excluding hydrogens is 291 g/mol. The van der Waals surface area contributed by atoms with Gasteiger partial charge in [0, 0.05) is 34.2 Å². The quantitative estimate of drug-likeness (QED) is 0.816. The summed E-state index contributed by atoms with van der Waals surface area (Å²) in [4.78, 5) is 3.17. The molecule has 0 aliphatic carbocycles. The van der Waals surface area contributed by atoms with Crippen LogP contribution in [0, 0.1) is 0 Å². The number of halogens is 2. The van der Waals surface area contributed by atoms with Gasteiger partial charge in [0.15, 0.2) is 0 Å². The van der Waals surface area contributed by atoms with Crippen molar-refractivity contribution >= 4 is 39.2 Å². The lowest BCUT2D eigenvalue weighted by Crippen LogP contribution is -2.11. The first kappa shape index (κ1) is 13.5. The van der Waals surface area contributed by atoms with Crippen LogP contribution in [0.4, 0.5) is 0 Å². The van der Waals surface area contributed by atoms with E-state index < -0.39 is 0 Å². The number of aromatic amines is 1. The molecule has 0 spiro atoms. The largest absolute Gasteiger partial charge is 0.396 e. The number of aliphatic hydroxyl groups excluding tert-OH is 1. The van der Waals surface area contributed by atoms with Gasteiger partial charge in [-0.1, -0.05) is 15.9 Å². The van der Waals surface area contributed by atoms with E-state index in [2.05, 4.69) is 20.9 Å². The number of benzene rings is 1. The molecule has 0 radical (unpaired) electrons. The monoisotopic (exact) mass is 304 g/mol. The first-order valence-electron chi connectivity index (χ1n) is 4.85. The predicted molar refractivity (Wildman–Crippen MR) is 71.9 cm³/mol. The molecule has 0 aliphatic rings. The Morgan fingerprint density at radius 1 is 1.44 bits per heavy atom. The van der Waals surface area contributed by atoms with Crippen molar-refractivity contribution < 1.29 is 5.11 Å². The van der Waals surface area contributed by atoms with E-state index in [1.165, 1.54) is 0 Å². The highest BCUT2D eigenvalue weighted by Crippen LogP contribution is 2.27. The predicted octanol–water partition coefficient (Wildman–Crippen LogP) is 2.73. The fraction of sp³-hybridized carbons (Fsp3) is 0.273. The Kier molecular flexibility index (Phi) is 4.80. The third-order valence-corrected chi connectivity index (χ3v) is 3.01. The van der Waals surface area contributed by atoms with Crippen LogP contribution in [0.3, 0.4) is 0 Å². The number of aromatic nitrogens is 1.